The summed E-state index contributed by atoms with van der Waals surface area (Å²) >= 11 is 0. The van der Waals surface area contributed by atoms with E-state index in [2.05, 4.69) is 0 Å². The van der Waals surface area contributed by atoms with Crippen LogP contribution in [0.3, 0.4) is 0 Å². The van der Waals surface area contributed by atoms with Crippen LogP contribution in [0, 0.1) is 12.8 Å². The van der Waals surface area contributed by atoms with E-state index in [0.717, 1.165) is 11.1 Å². The van der Waals surface area contributed by atoms with Gasteiger partial charge in [0.05, 0.1) is 5.60 Å². The Kier molecular flexibility index (Phi) is 3.88. The highest BCUT2D eigenvalue weighted by Gasteiger charge is 2.31. The van der Waals surface area contributed by atoms with Crippen LogP contribution in [0.15, 0.2) is 12.1 Å². The van der Waals surface area contributed by atoms with Crippen molar-refractivity contribution in [3.8, 4) is 5.75 Å². The first-order chi connectivity index (χ1) is 7.67. The zero-order valence-corrected chi connectivity index (χ0v) is 11.7. The van der Waals surface area contributed by atoms with Crippen LogP contribution in [-0.2, 0) is 5.60 Å². The summed E-state index contributed by atoms with van der Waals surface area (Å²) in [7, 11) is 0. The average Bonchev–Trinajstić information content (AvgIpc) is 2.20. The van der Waals surface area contributed by atoms with Gasteiger partial charge in [-0.3, -0.25) is 0 Å². The minimum Gasteiger partial charge on any atom is -0.507 e. The van der Waals surface area contributed by atoms with Crippen molar-refractivity contribution in [2.45, 2.75) is 53.1 Å². The third kappa shape index (κ3) is 2.63. The topological polar surface area (TPSA) is 40.5 Å². The molecule has 2 heteroatoms. The van der Waals surface area contributed by atoms with Gasteiger partial charge in [0.15, 0.2) is 0 Å². The van der Waals surface area contributed by atoms with Crippen molar-refractivity contribution in [2.24, 2.45) is 5.92 Å². The third-order valence-electron chi connectivity index (χ3n) is 3.58. The summed E-state index contributed by atoms with van der Waals surface area (Å²) in [5.41, 5.74) is 1.61. The van der Waals surface area contributed by atoms with Gasteiger partial charge in [-0.05, 0) is 37.3 Å². The Balaban J connectivity index is 3.44. The maximum atomic E-state index is 10.5. The molecule has 0 saturated heterocycles. The quantitative estimate of drug-likeness (QED) is 0.840. The number of aliphatic hydroxyl groups is 1. The fourth-order valence-electron chi connectivity index (χ4n) is 1.94. The first-order valence-electron chi connectivity index (χ1n) is 6.24. The molecule has 1 aromatic rings. The van der Waals surface area contributed by atoms with Gasteiger partial charge in [-0.1, -0.05) is 39.3 Å². The summed E-state index contributed by atoms with van der Waals surface area (Å²) < 4.78 is 0. The number of hydrogen-bond acceptors (Lipinski definition) is 2. The molecule has 0 amide bonds. The molecule has 2 nitrogen and oxygen atoms in total. The fraction of sp³-hybridized carbons (Fsp3) is 0.600. The Morgan fingerprint density at radius 1 is 1.12 bits per heavy atom. The summed E-state index contributed by atoms with van der Waals surface area (Å²) in [6.45, 7) is 11.7. The largest absolute Gasteiger partial charge is 0.507 e. The van der Waals surface area contributed by atoms with E-state index in [1.807, 2.05) is 46.8 Å². The van der Waals surface area contributed by atoms with E-state index >= 15 is 0 Å². The monoisotopic (exact) mass is 236 g/mol. The molecule has 96 valence electrons. The number of phenols is 1. The maximum Gasteiger partial charge on any atom is 0.125 e. The van der Waals surface area contributed by atoms with Crippen LogP contribution in [0.1, 0.15) is 57.2 Å². The molecule has 0 radical (unpaired) electrons. The van der Waals surface area contributed by atoms with Gasteiger partial charge in [-0.25, -0.2) is 0 Å². The number of aromatic hydroxyl groups is 1. The van der Waals surface area contributed by atoms with E-state index in [-0.39, 0.29) is 17.6 Å². The maximum absolute atomic E-state index is 10.5. The van der Waals surface area contributed by atoms with Crippen molar-refractivity contribution < 1.29 is 10.2 Å². The lowest BCUT2D eigenvalue weighted by Crippen LogP contribution is -2.28. The van der Waals surface area contributed by atoms with Crippen molar-refractivity contribution in [1.82, 2.24) is 0 Å². The summed E-state index contributed by atoms with van der Waals surface area (Å²) in [6, 6.07) is 3.86. The van der Waals surface area contributed by atoms with Crippen LogP contribution < -0.4 is 0 Å². The van der Waals surface area contributed by atoms with Gasteiger partial charge in [0.1, 0.15) is 5.75 Å². The van der Waals surface area contributed by atoms with E-state index < -0.39 is 5.60 Å². The second kappa shape index (κ2) is 4.69. The van der Waals surface area contributed by atoms with E-state index in [9.17, 15) is 10.2 Å². The first-order valence-corrected chi connectivity index (χ1v) is 6.24. The van der Waals surface area contributed by atoms with Gasteiger partial charge in [-0.2, -0.15) is 0 Å². The summed E-state index contributed by atoms with van der Waals surface area (Å²) in [4.78, 5) is 0. The second-order valence-corrected chi connectivity index (χ2v) is 5.71. The minimum absolute atomic E-state index is 0.0511. The Labute approximate surface area is 104 Å². The lowest BCUT2D eigenvalue weighted by Gasteiger charge is -2.30. The molecule has 0 spiro atoms. The fourth-order valence-corrected chi connectivity index (χ4v) is 1.94. The van der Waals surface area contributed by atoms with E-state index in [0.29, 0.717) is 5.56 Å². The summed E-state index contributed by atoms with van der Waals surface area (Å²) in [5.74, 6) is 0.538. The number of phenolic OH excluding ortho intramolecular Hbond substituents is 1. The normalized spacial score (nSPS) is 15.4. The number of aryl methyl sites for hydroxylation is 1. The molecule has 2 N–H and O–H groups in total. The SMILES string of the molecule is Cc1cc(C(C)C)c(O)c(C(C)(O)C(C)C)c1. The minimum atomic E-state index is -1.00. The highest BCUT2D eigenvalue weighted by atomic mass is 16.3. The molecule has 0 aliphatic rings. The molecule has 1 rings (SSSR count). The molecule has 0 fully saturated rings. The average molecular weight is 236 g/mol. The predicted molar refractivity (Wildman–Crippen MR) is 71.3 cm³/mol. The van der Waals surface area contributed by atoms with Crippen molar-refractivity contribution in [2.75, 3.05) is 0 Å². The van der Waals surface area contributed by atoms with E-state index in [1.54, 1.807) is 6.92 Å². The Bertz CT molecular complexity index is 404. The van der Waals surface area contributed by atoms with Crippen LogP contribution >= 0.6 is 0 Å². The molecule has 0 heterocycles. The Hall–Kier alpha value is -1.02. The van der Waals surface area contributed by atoms with Gasteiger partial charge in [0.2, 0.25) is 0 Å². The standard InChI is InChI=1S/C15H24O2/c1-9(2)12-7-11(5)8-13(14(12)16)15(6,17)10(3)4/h7-10,16-17H,1-6H3. The summed E-state index contributed by atoms with van der Waals surface area (Å²) in [6.07, 6.45) is 0. The van der Waals surface area contributed by atoms with Crippen molar-refractivity contribution in [3.05, 3.63) is 28.8 Å². The van der Waals surface area contributed by atoms with Gasteiger partial charge in [0.25, 0.3) is 0 Å². The number of benzene rings is 1. The van der Waals surface area contributed by atoms with Crippen molar-refractivity contribution in [3.63, 3.8) is 0 Å². The van der Waals surface area contributed by atoms with Gasteiger partial charge >= 0.3 is 0 Å². The molecular weight excluding hydrogens is 212 g/mol. The van der Waals surface area contributed by atoms with Crippen LogP contribution in [0.2, 0.25) is 0 Å². The summed E-state index contributed by atoms with van der Waals surface area (Å²) in [5, 5.41) is 20.8. The van der Waals surface area contributed by atoms with Crippen molar-refractivity contribution >= 4 is 0 Å². The van der Waals surface area contributed by atoms with Crippen LogP contribution in [-0.4, -0.2) is 10.2 Å². The molecule has 0 saturated carbocycles. The highest BCUT2D eigenvalue weighted by Crippen LogP contribution is 2.39. The molecule has 0 aliphatic heterocycles. The lowest BCUT2D eigenvalue weighted by molar-refractivity contribution is 0.00683. The number of hydrogen-bond donors (Lipinski definition) is 2. The van der Waals surface area contributed by atoms with E-state index in [1.165, 1.54) is 0 Å². The first kappa shape index (κ1) is 14.0. The third-order valence-corrected chi connectivity index (χ3v) is 3.58. The highest BCUT2D eigenvalue weighted by molar-refractivity contribution is 5.47. The molecule has 0 aliphatic carbocycles. The van der Waals surface area contributed by atoms with Crippen LogP contribution in [0.4, 0.5) is 0 Å². The van der Waals surface area contributed by atoms with Crippen molar-refractivity contribution in [1.29, 1.82) is 0 Å². The molecular formula is C15H24O2. The molecule has 0 bridgehead atoms. The molecule has 0 aromatic heterocycles. The van der Waals surface area contributed by atoms with Crippen LogP contribution in [0.5, 0.6) is 5.75 Å². The number of rotatable bonds is 3. The molecule has 1 unspecified atom stereocenters. The molecule has 17 heavy (non-hydrogen) atoms. The zero-order chi connectivity index (χ0) is 13.4. The zero-order valence-electron chi connectivity index (χ0n) is 11.7. The van der Waals surface area contributed by atoms with E-state index in [4.69, 9.17) is 0 Å². The van der Waals surface area contributed by atoms with Gasteiger partial charge < -0.3 is 10.2 Å². The molecule has 1 aromatic carbocycles. The predicted octanol–water partition coefficient (Wildman–Crippen LogP) is 3.69. The second-order valence-electron chi connectivity index (χ2n) is 5.71. The van der Waals surface area contributed by atoms with Gasteiger partial charge in [0, 0.05) is 5.56 Å². The van der Waals surface area contributed by atoms with Crippen LogP contribution in [0.25, 0.3) is 0 Å². The smallest absolute Gasteiger partial charge is 0.125 e. The lowest BCUT2D eigenvalue weighted by atomic mass is 9.82. The van der Waals surface area contributed by atoms with Gasteiger partial charge in [-0.15, -0.1) is 0 Å². The Morgan fingerprint density at radius 3 is 2.06 bits per heavy atom. The Morgan fingerprint density at radius 2 is 1.65 bits per heavy atom. The molecule has 1 atom stereocenters.